The van der Waals surface area contributed by atoms with Crippen LogP contribution in [0, 0.1) is 21.7 Å². The van der Waals surface area contributed by atoms with E-state index >= 15 is 0 Å². The predicted molar refractivity (Wildman–Crippen MR) is 71.3 cm³/mol. The van der Waals surface area contributed by atoms with Gasteiger partial charge in [-0.1, -0.05) is 0 Å². The predicted octanol–water partition coefficient (Wildman–Crippen LogP) is 2.48. The molecule has 21 heavy (non-hydrogen) atoms. The van der Waals surface area contributed by atoms with Crippen molar-refractivity contribution in [1.82, 2.24) is 0 Å². The average Bonchev–Trinajstić information content (AvgIpc) is 2.93. The van der Waals surface area contributed by atoms with Crippen LogP contribution in [0.15, 0.2) is 12.1 Å². The first-order chi connectivity index (χ1) is 9.97. The Morgan fingerprint density at radius 3 is 2.71 bits per heavy atom. The van der Waals surface area contributed by atoms with Crippen LogP contribution in [0.4, 0.5) is 20.2 Å². The number of nitrogens with zero attached hydrogens (tertiary/aromatic N) is 1. The van der Waals surface area contributed by atoms with Crippen molar-refractivity contribution in [1.29, 1.82) is 0 Å². The number of hydrogen-bond acceptors (Lipinski definition) is 5. The Labute approximate surface area is 120 Å². The van der Waals surface area contributed by atoms with E-state index in [0.717, 1.165) is 6.42 Å². The summed E-state index contributed by atoms with van der Waals surface area (Å²) in [5.74, 6) is -2.00. The van der Waals surface area contributed by atoms with Gasteiger partial charge >= 0.3 is 0 Å². The van der Waals surface area contributed by atoms with Gasteiger partial charge in [-0.05, 0) is 13.3 Å². The maximum atomic E-state index is 13.7. The Morgan fingerprint density at radius 1 is 1.52 bits per heavy atom. The molecule has 1 aliphatic heterocycles. The number of non-ortho nitro benzene ring substituents is 1. The lowest BCUT2D eigenvalue weighted by molar-refractivity contribution is -0.385. The Balaban J connectivity index is 1.96. The van der Waals surface area contributed by atoms with E-state index in [-0.39, 0.29) is 24.4 Å². The van der Waals surface area contributed by atoms with E-state index in [2.05, 4.69) is 5.32 Å². The lowest BCUT2D eigenvalue weighted by Crippen LogP contribution is -2.26. The van der Waals surface area contributed by atoms with Crippen LogP contribution in [0.2, 0.25) is 0 Å². The van der Waals surface area contributed by atoms with E-state index in [1.165, 1.54) is 0 Å². The summed E-state index contributed by atoms with van der Waals surface area (Å²) in [5.41, 5.74) is -1.01. The molecule has 0 aromatic heterocycles. The number of halogens is 2. The minimum Gasteiger partial charge on any atom is -0.379 e. The molecule has 0 aliphatic carbocycles. The van der Waals surface area contributed by atoms with Gasteiger partial charge in [0.2, 0.25) is 0 Å². The van der Waals surface area contributed by atoms with Crippen molar-refractivity contribution in [3.05, 3.63) is 33.9 Å². The number of ether oxygens (including phenoxy) is 2. The normalized spacial score (nSPS) is 19.5. The summed E-state index contributed by atoms with van der Waals surface area (Å²) in [7, 11) is 0. The molecule has 8 heteroatoms. The lowest BCUT2D eigenvalue weighted by atomic mass is 10.2. The van der Waals surface area contributed by atoms with Crippen LogP contribution in [0.3, 0.4) is 0 Å². The van der Waals surface area contributed by atoms with Crippen molar-refractivity contribution >= 4 is 11.4 Å². The molecule has 2 atom stereocenters. The highest BCUT2D eigenvalue weighted by Crippen LogP contribution is 2.25. The molecule has 1 aromatic carbocycles. The Morgan fingerprint density at radius 2 is 2.19 bits per heavy atom. The van der Waals surface area contributed by atoms with E-state index < -0.39 is 22.2 Å². The van der Waals surface area contributed by atoms with E-state index in [9.17, 15) is 18.9 Å². The van der Waals surface area contributed by atoms with Crippen molar-refractivity contribution in [2.75, 3.05) is 25.1 Å². The van der Waals surface area contributed by atoms with Crippen LogP contribution in [0.5, 0.6) is 0 Å². The summed E-state index contributed by atoms with van der Waals surface area (Å²) in [5, 5.41) is 13.1. The molecule has 0 unspecified atom stereocenters. The van der Waals surface area contributed by atoms with Gasteiger partial charge in [-0.15, -0.1) is 0 Å². The summed E-state index contributed by atoms with van der Waals surface area (Å²) in [6.07, 6.45) is 0.799. The third kappa shape index (κ3) is 4.08. The number of nitrogens with one attached hydrogen (secondary N) is 1. The molecule has 1 N–H and O–H groups in total. The first kappa shape index (κ1) is 15.6. The maximum Gasteiger partial charge on any atom is 0.275 e. The summed E-state index contributed by atoms with van der Waals surface area (Å²) < 4.78 is 38.1. The van der Waals surface area contributed by atoms with Crippen molar-refractivity contribution in [3.63, 3.8) is 0 Å². The van der Waals surface area contributed by atoms with E-state index in [1.807, 2.05) is 0 Å². The smallest absolute Gasteiger partial charge is 0.275 e. The van der Waals surface area contributed by atoms with Gasteiger partial charge in [0, 0.05) is 12.6 Å². The fraction of sp³-hybridized carbons (Fsp3) is 0.538. The molecule has 116 valence electrons. The van der Waals surface area contributed by atoms with Crippen LogP contribution in [-0.4, -0.2) is 36.9 Å². The number of nitro groups is 1. The minimum absolute atomic E-state index is 0.000745. The SMILES string of the molecule is C[C@H](CO[C@H]1CCOC1)Nc1c(F)cc([N+](=O)[O-])cc1F. The number of hydrogen-bond donors (Lipinski definition) is 1. The van der Waals surface area contributed by atoms with Crippen LogP contribution in [0.1, 0.15) is 13.3 Å². The summed E-state index contributed by atoms with van der Waals surface area (Å²) >= 11 is 0. The molecule has 0 bridgehead atoms. The molecule has 6 nitrogen and oxygen atoms in total. The van der Waals surface area contributed by atoms with E-state index in [4.69, 9.17) is 9.47 Å². The Hall–Kier alpha value is -1.80. The summed E-state index contributed by atoms with van der Waals surface area (Å²) in [4.78, 5) is 9.66. The van der Waals surface area contributed by atoms with Gasteiger partial charge in [-0.25, -0.2) is 8.78 Å². The van der Waals surface area contributed by atoms with Gasteiger partial charge < -0.3 is 14.8 Å². The average molecular weight is 302 g/mol. The quantitative estimate of drug-likeness (QED) is 0.645. The van der Waals surface area contributed by atoms with Gasteiger partial charge in [0.15, 0.2) is 11.6 Å². The van der Waals surface area contributed by atoms with Gasteiger partial charge in [-0.2, -0.15) is 0 Å². The van der Waals surface area contributed by atoms with Crippen LogP contribution >= 0.6 is 0 Å². The summed E-state index contributed by atoms with van der Waals surface area (Å²) in [6, 6.07) is 1.02. The van der Waals surface area contributed by atoms with Gasteiger partial charge in [0.1, 0.15) is 5.69 Å². The molecular weight excluding hydrogens is 286 g/mol. The molecule has 1 saturated heterocycles. The highest BCUT2D eigenvalue weighted by Gasteiger charge is 2.20. The number of nitro benzene ring substituents is 1. The van der Waals surface area contributed by atoms with Crippen molar-refractivity contribution in [2.45, 2.75) is 25.5 Å². The number of rotatable bonds is 6. The zero-order valence-electron chi connectivity index (χ0n) is 11.5. The first-order valence-corrected chi connectivity index (χ1v) is 6.56. The van der Waals surface area contributed by atoms with Gasteiger partial charge in [-0.3, -0.25) is 10.1 Å². The molecular formula is C13H16F2N2O4. The highest BCUT2D eigenvalue weighted by atomic mass is 19.1. The molecule has 0 radical (unpaired) electrons. The lowest BCUT2D eigenvalue weighted by Gasteiger charge is -2.18. The molecule has 1 aliphatic rings. The molecule has 1 fully saturated rings. The molecule has 0 saturated carbocycles. The largest absolute Gasteiger partial charge is 0.379 e. The van der Waals surface area contributed by atoms with Crippen LogP contribution in [-0.2, 0) is 9.47 Å². The second-order valence-electron chi connectivity index (χ2n) is 4.91. The first-order valence-electron chi connectivity index (χ1n) is 6.56. The molecule has 1 heterocycles. The van der Waals surface area contributed by atoms with Gasteiger partial charge in [0.05, 0.1) is 36.4 Å². The third-order valence-electron chi connectivity index (χ3n) is 3.10. The number of anilines is 1. The van der Waals surface area contributed by atoms with Crippen LogP contribution < -0.4 is 5.32 Å². The van der Waals surface area contributed by atoms with Crippen molar-refractivity contribution in [3.8, 4) is 0 Å². The highest BCUT2D eigenvalue weighted by molar-refractivity contribution is 5.52. The standard InChI is InChI=1S/C13H16F2N2O4/c1-8(6-21-10-2-3-20-7-10)16-13-11(14)4-9(17(18)19)5-12(13)15/h4-5,8,10,16H,2-3,6-7H2,1H3/t8-,10+/m1/s1. The Kier molecular flexibility index (Phi) is 5.03. The zero-order chi connectivity index (χ0) is 15.4. The van der Waals surface area contributed by atoms with Crippen molar-refractivity contribution < 1.29 is 23.2 Å². The monoisotopic (exact) mass is 302 g/mol. The second-order valence-corrected chi connectivity index (χ2v) is 4.91. The summed E-state index contributed by atoms with van der Waals surface area (Å²) in [6.45, 7) is 3.13. The molecule has 1 aromatic rings. The number of benzene rings is 1. The molecule has 2 rings (SSSR count). The topological polar surface area (TPSA) is 73.6 Å². The van der Waals surface area contributed by atoms with Gasteiger partial charge in [0.25, 0.3) is 5.69 Å². The second kappa shape index (κ2) is 6.77. The fourth-order valence-electron chi connectivity index (χ4n) is 2.02. The van der Waals surface area contributed by atoms with E-state index in [1.54, 1.807) is 6.92 Å². The van der Waals surface area contributed by atoms with E-state index in [0.29, 0.717) is 25.3 Å². The Bertz CT molecular complexity index is 498. The van der Waals surface area contributed by atoms with Crippen molar-refractivity contribution in [2.24, 2.45) is 0 Å². The third-order valence-corrected chi connectivity index (χ3v) is 3.10. The zero-order valence-corrected chi connectivity index (χ0v) is 11.5. The maximum absolute atomic E-state index is 13.7. The fourth-order valence-corrected chi connectivity index (χ4v) is 2.02. The molecule has 0 spiro atoms. The van der Waals surface area contributed by atoms with Crippen LogP contribution in [0.25, 0.3) is 0 Å². The molecule has 0 amide bonds. The minimum atomic E-state index is -1.00.